The van der Waals surface area contributed by atoms with Gasteiger partial charge in [0.05, 0.1) is 5.00 Å². The van der Waals surface area contributed by atoms with Crippen molar-refractivity contribution < 1.29 is 10.2 Å². The van der Waals surface area contributed by atoms with Crippen molar-refractivity contribution in [3.05, 3.63) is 18.2 Å². The highest BCUT2D eigenvalue weighted by molar-refractivity contribution is 7.22. The van der Waals surface area contributed by atoms with E-state index in [-0.39, 0.29) is 11.5 Å². The summed E-state index contributed by atoms with van der Waals surface area (Å²) >= 11 is 1.34. The van der Waals surface area contributed by atoms with Crippen LogP contribution in [0.25, 0.3) is 10.1 Å². The van der Waals surface area contributed by atoms with Crippen molar-refractivity contribution in [2.75, 3.05) is 5.73 Å². The van der Waals surface area contributed by atoms with Gasteiger partial charge in [-0.3, -0.25) is 0 Å². The second-order valence-electron chi connectivity index (χ2n) is 2.53. The number of aromatic hydroxyl groups is 2. The van der Waals surface area contributed by atoms with E-state index >= 15 is 0 Å². The molecule has 0 saturated heterocycles. The van der Waals surface area contributed by atoms with E-state index in [9.17, 15) is 5.11 Å². The third-order valence-electron chi connectivity index (χ3n) is 1.62. The number of benzene rings is 1. The molecule has 0 saturated carbocycles. The van der Waals surface area contributed by atoms with Crippen LogP contribution in [0.15, 0.2) is 18.2 Å². The van der Waals surface area contributed by atoms with Crippen LogP contribution in [0.5, 0.6) is 11.5 Å². The van der Waals surface area contributed by atoms with Gasteiger partial charge in [0, 0.05) is 16.2 Å². The molecule has 0 aliphatic rings. The Kier molecular flexibility index (Phi) is 1.38. The van der Waals surface area contributed by atoms with Gasteiger partial charge >= 0.3 is 0 Å². The number of hydrogen-bond donors (Lipinski definition) is 3. The normalized spacial score (nSPS) is 10.7. The summed E-state index contributed by atoms with van der Waals surface area (Å²) in [5.41, 5.74) is 5.54. The highest BCUT2D eigenvalue weighted by atomic mass is 32.1. The Hall–Kier alpha value is -1.42. The summed E-state index contributed by atoms with van der Waals surface area (Å²) in [6, 6.07) is 4.57. The SMILES string of the molecule is Nc1cc2c(O)cc(O)cc2s1. The van der Waals surface area contributed by atoms with E-state index in [4.69, 9.17) is 10.8 Å². The molecule has 62 valence electrons. The summed E-state index contributed by atoms with van der Waals surface area (Å²) in [6.45, 7) is 0. The molecule has 4 heteroatoms. The molecule has 0 aliphatic heterocycles. The number of anilines is 1. The Balaban J connectivity index is 2.88. The lowest BCUT2D eigenvalue weighted by Gasteiger charge is -1.95. The summed E-state index contributed by atoms with van der Waals surface area (Å²) in [5.74, 6) is 0.125. The first-order valence-electron chi connectivity index (χ1n) is 3.38. The summed E-state index contributed by atoms with van der Waals surface area (Å²) in [4.78, 5) is 0. The van der Waals surface area contributed by atoms with Gasteiger partial charge in [-0.15, -0.1) is 11.3 Å². The fourth-order valence-electron chi connectivity index (χ4n) is 1.13. The van der Waals surface area contributed by atoms with Gasteiger partial charge in [-0.1, -0.05) is 0 Å². The van der Waals surface area contributed by atoms with Crippen LogP contribution in [0.1, 0.15) is 0 Å². The van der Waals surface area contributed by atoms with E-state index in [1.165, 1.54) is 17.4 Å². The molecule has 2 rings (SSSR count). The van der Waals surface area contributed by atoms with Gasteiger partial charge in [0.2, 0.25) is 0 Å². The maximum atomic E-state index is 9.36. The average molecular weight is 181 g/mol. The number of thiophene rings is 1. The Morgan fingerprint density at radius 1 is 1.17 bits per heavy atom. The Morgan fingerprint density at radius 3 is 2.67 bits per heavy atom. The summed E-state index contributed by atoms with van der Waals surface area (Å²) < 4.78 is 0.796. The van der Waals surface area contributed by atoms with Crippen molar-refractivity contribution in [1.29, 1.82) is 0 Å². The minimum atomic E-state index is 0.0573. The van der Waals surface area contributed by atoms with E-state index in [1.54, 1.807) is 12.1 Å². The van der Waals surface area contributed by atoms with Crippen LogP contribution in [-0.4, -0.2) is 10.2 Å². The number of fused-ring (bicyclic) bond motifs is 1. The van der Waals surface area contributed by atoms with E-state index in [0.717, 1.165) is 4.70 Å². The third-order valence-corrected chi connectivity index (χ3v) is 2.53. The number of nitrogen functional groups attached to an aromatic ring is 1. The monoisotopic (exact) mass is 181 g/mol. The van der Waals surface area contributed by atoms with Gasteiger partial charge in [0.1, 0.15) is 11.5 Å². The third kappa shape index (κ3) is 0.967. The topological polar surface area (TPSA) is 66.5 Å². The van der Waals surface area contributed by atoms with Crippen LogP contribution in [-0.2, 0) is 0 Å². The molecule has 2 aromatic rings. The van der Waals surface area contributed by atoms with Gasteiger partial charge in [0.25, 0.3) is 0 Å². The quantitative estimate of drug-likeness (QED) is 0.581. The van der Waals surface area contributed by atoms with E-state index in [1.807, 2.05) is 0 Å². The molecule has 12 heavy (non-hydrogen) atoms. The molecule has 1 aromatic heterocycles. The first kappa shape index (κ1) is 7.24. The standard InChI is InChI=1S/C8H7NO2S/c9-8-3-5-6(11)1-4(10)2-7(5)12-8/h1-3,10-11H,9H2. The van der Waals surface area contributed by atoms with Crippen LogP contribution in [0.2, 0.25) is 0 Å². The number of hydrogen-bond acceptors (Lipinski definition) is 4. The van der Waals surface area contributed by atoms with Crippen LogP contribution >= 0.6 is 11.3 Å². The lowest BCUT2D eigenvalue weighted by atomic mass is 10.2. The predicted octanol–water partition coefficient (Wildman–Crippen LogP) is 1.89. The maximum Gasteiger partial charge on any atom is 0.128 e. The maximum absolute atomic E-state index is 9.36. The first-order chi connectivity index (χ1) is 5.66. The molecular formula is C8H7NO2S. The van der Waals surface area contributed by atoms with Crippen LogP contribution in [0, 0.1) is 0 Å². The molecule has 4 N–H and O–H groups in total. The van der Waals surface area contributed by atoms with Gasteiger partial charge in [-0.25, -0.2) is 0 Å². The number of nitrogens with two attached hydrogens (primary N) is 1. The van der Waals surface area contributed by atoms with Gasteiger partial charge in [-0.05, 0) is 12.1 Å². The van der Waals surface area contributed by atoms with Crippen LogP contribution in [0.3, 0.4) is 0 Å². The predicted molar refractivity (Wildman–Crippen MR) is 49.6 cm³/mol. The Labute approximate surface area is 72.7 Å². The first-order valence-corrected chi connectivity index (χ1v) is 4.19. The Bertz CT molecular complexity index is 436. The summed E-state index contributed by atoms with van der Waals surface area (Å²) in [7, 11) is 0. The lowest BCUT2D eigenvalue weighted by Crippen LogP contribution is -1.73. The second kappa shape index (κ2) is 2.28. The molecule has 1 aromatic carbocycles. The van der Waals surface area contributed by atoms with E-state index in [2.05, 4.69) is 0 Å². The second-order valence-corrected chi connectivity index (χ2v) is 3.64. The molecule has 0 unspecified atom stereocenters. The zero-order valence-corrected chi connectivity index (χ0v) is 6.93. The number of rotatable bonds is 0. The summed E-state index contributed by atoms with van der Waals surface area (Å²) in [5, 5.41) is 19.8. The van der Waals surface area contributed by atoms with Crippen molar-refractivity contribution in [3.63, 3.8) is 0 Å². The van der Waals surface area contributed by atoms with Gasteiger partial charge in [0.15, 0.2) is 0 Å². The minimum Gasteiger partial charge on any atom is -0.508 e. The van der Waals surface area contributed by atoms with Crippen molar-refractivity contribution in [1.82, 2.24) is 0 Å². The minimum absolute atomic E-state index is 0.0573. The molecule has 0 bridgehead atoms. The molecule has 0 amide bonds. The highest BCUT2D eigenvalue weighted by Crippen LogP contribution is 2.36. The smallest absolute Gasteiger partial charge is 0.128 e. The van der Waals surface area contributed by atoms with Gasteiger partial charge < -0.3 is 15.9 Å². The molecule has 0 radical (unpaired) electrons. The molecule has 1 heterocycles. The van der Waals surface area contributed by atoms with Crippen molar-refractivity contribution in [2.24, 2.45) is 0 Å². The van der Waals surface area contributed by atoms with Gasteiger partial charge in [-0.2, -0.15) is 0 Å². The average Bonchev–Trinajstić information content (AvgIpc) is 2.29. The molecular weight excluding hydrogens is 174 g/mol. The fourth-order valence-corrected chi connectivity index (χ4v) is 2.01. The fraction of sp³-hybridized carbons (Fsp3) is 0. The van der Waals surface area contributed by atoms with Crippen LogP contribution < -0.4 is 5.73 Å². The Morgan fingerprint density at radius 2 is 1.92 bits per heavy atom. The molecule has 0 spiro atoms. The zero-order chi connectivity index (χ0) is 8.72. The zero-order valence-electron chi connectivity index (χ0n) is 6.11. The molecule has 0 aliphatic carbocycles. The summed E-state index contributed by atoms with van der Waals surface area (Å²) in [6.07, 6.45) is 0. The molecule has 0 atom stereocenters. The van der Waals surface area contributed by atoms with Crippen molar-refractivity contribution >= 4 is 26.4 Å². The molecule has 3 nitrogen and oxygen atoms in total. The lowest BCUT2D eigenvalue weighted by molar-refractivity contribution is 0.455. The van der Waals surface area contributed by atoms with E-state index in [0.29, 0.717) is 10.4 Å². The van der Waals surface area contributed by atoms with Crippen LogP contribution in [0.4, 0.5) is 5.00 Å². The number of phenolic OH excluding ortho intramolecular Hbond substituents is 2. The van der Waals surface area contributed by atoms with Crippen molar-refractivity contribution in [2.45, 2.75) is 0 Å². The number of phenols is 2. The van der Waals surface area contributed by atoms with Crippen molar-refractivity contribution in [3.8, 4) is 11.5 Å². The largest absolute Gasteiger partial charge is 0.508 e. The highest BCUT2D eigenvalue weighted by Gasteiger charge is 2.05. The molecule has 0 fully saturated rings. The van der Waals surface area contributed by atoms with E-state index < -0.39 is 0 Å².